The predicted octanol–water partition coefficient (Wildman–Crippen LogP) is 1.54. The summed E-state index contributed by atoms with van der Waals surface area (Å²) in [5, 5.41) is 12.2. The Morgan fingerprint density at radius 2 is 1.67 bits per heavy atom. The summed E-state index contributed by atoms with van der Waals surface area (Å²) in [5.74, 6) is 0. The molecule has 5 heteroatoms. The zero-order chi connectivity index (χ0) is 13.1. The van der Waals surface area contributed by atoms with Crippen molar-refractivity contribution in [1.82, 2.24) is 24.9 Å². The van der Waals surface area contributed by atoms with E-state index in [4.69, 9.17) is 0 Å². The molecule has 18 heavy (non-hydrogen) atoms. The third-order valence-corrected chi connectivity index (χ3v) is 3.12. The molecule has 0 spiro atoms. The van der Waals surface area contributed by atoms with E-state index in [-0.39, 0.29) is 0 Å². The first-order valence-electron chi connectivity index (χ1n) is 6.33. The van der Waals surface area contributed by atoms with E-state index in [2.05, 4.69) is 41.8 Å². The van der Waals surface area contributed by atoms with E-state index < -0.39 is 0 Å². The molecule has 2 aromatic rings. The van der Waals surface area contributed by atoms with E-state index in [0.29, 0.717) is 0 Å². The summed E-state index contributed by atoms with van der Waals surface area (Å²) in [6, 6.07) is 0. The fourth-order valence-electron chi connectivity index (χ4n) is 2.05. The SMILES string of the molecule is CCn1cc(CNCc2cn(C)nc2C)c(C)n1. The third-order valence-electron chi connectivity index (χ3n) is 3.12. The molecule has 0 fully saturated rings. The Bertz CT molecular complexity index is 523. The summed E-state index contributed by atoms with van der Waals surface area (Å²) in [6.07, 6.45) is 4.17. The highest BCUT2D eigenvalue weighted by Gasteiger charge is 2.05. The van der Waals surface area contributed by atoms with Gasteiger partial charge in [-0.1, -0.05) is 0 Å². The highest BCUT2D eigenvalue weighted by molar-refractivity contribution is 5.17. The number of rotatable bonds is 5. The Morgan fingerprint density at radius 1 is 1.06 bits per heavy atom. The Labute approximate surface area is 108 Å². The first kappa shape index (κ1) is 12.8. The maximum atomic E-state index is 4.44. The highest BCUT2D eigenvalue weighted by Crippen LogP contribution is 2.07. The van der Waals surface area contributed by atoms with Crippen LogP contribution in [0.5, 0.6) is 0 Å². The maximum absolute atomic E-state index is 4.44. The maximum Gasteiger partial charge on any atom is 0.0638 e. The Hall–Kier alpha value is -1.62. The molecule has 2 aromatic heterocycles. The largest absolute Gasteiger partial charge is 0.308 e. The van der Waals surface area contributed by atoms with Crippen LogP contribution in [0.2, 0.25) is 0 Å². The molecule has 0 unspecified atom stereocenters. The normalized spacial score (nSPS) is 11.1. The van der Waals surface area contributed by atoms with Gasteiger partial charge in [-0.05, 0) is 20.8 Å². The van der Waals surface area contributed by atoms with Gasteiger partial charge in [-0.3, -0.25) is 9.36 Å². The molecule has 1 N–H and O–H groups in total. The van der Waals surface area contributed by atoms with Crippen LogP contribution in [0.3, 0.4) is 0 Å². The second-order valence-corrected chi connectivity index (χ2v) is 4.61. The van der Waals surface area contributed by atoms with Gasteiger partial charge in [0.2, 0.25) is 0 Å². The lowest BCUT2D eigenvalue weighted by Gasteiger charge is -2.02. The van der Waals surface area contributed by atoms with Gasteiger partial charge < -0.3 is 5.32 Å². The molecule has 0 saturated heterocycles. The van der Waals surface area contributed by atoms with Crippen molar-refractivity contribution in [1.29, 1.82) is 0 Å². The van der Waals surface area contributed by atoms with Crippen LogP contribution in [-0.4, -0.2) is 19.6 Å². The van der Waals surface area contributed by atoms with Crippen molar-refractivity contribution in [3.8, 4) is 0 Å². The van der Waals surface area contributed by atoms with Gasteiger partial charge in [-0.25, -0.2) is 0 Å². The topological polar surface area (TPSA) is 47.7 Å². The van der Waals surface area contributed by atoms with Gasteiger partial charge in [-0.2, -0.15) is 10.2 Å². The minimum absolute atomic E-state index is 0.844. The average molecular weight is 247 g/mol. The molecule has 5 nitrogen and oxygen atoms in total. The minimum atomic E-state index is 0.844. The van der Waals surface area contributed by atoms with Gasteiger partial charge >= 0.3 is 0 Å². The number of nitrogens with zero attached hydrogens (tertiary/aromatic N) is 4. The quantitative estimate of drug-likeness (QED) is 0.872. The Kier molecular flexibility index (Phi) is 3.81. The fraction of sp³-hybridized carbons (Fsp3) is 0.538. The second kappa shape index (κ2) is 5.35. The van der Waals surface area contributed by atoms with E-state index in [9.17, 15) is 0 Å². The molecule has 98 valence electrons. The summed E-state index contributed by atoms with van der Waals surface area (Å²) in [7, 11) is 1.95. The monoisotopic (exact) mass is 247 g/mol. The van der Waals surface area contributed by atoms with Crippen molar-refractivity contribution in [2.75, 3.05) is 0 Å². The summed E-state index contributed by atoms with van der Waals surface area (Å²) in [6.45, 7) is 8.80. The van der Waals surface area contributed by atoms with Gasteiger partial charge in [0.25, 0.3) is 0 Å². The molecule has 0 aliphatic carbocycles. The van der Waals surface area contributed by atoms with Crippen LogP contribution in [0.15, 0.2) is 12.4 Å². The average Bonchev–Trinajstić information content (AvgIpc) is 2.83. The zero-order valence-electron chi connectivity index (χ0n) is 11.6. The molecule has 0 aromatic carbocycles. The smallest absolute Gasteiger partial charge is 0.0638 e. The van der Waals surface area contributed by atoms with Crippen molar-refractivity contribution in [2.24, 2.45) is 7.05 Å². The van der Waals surface area contributed by atoms with Crippen molar-refractivity contribution in [3.63, 3.8) is 0 Å². The van der Waals surface area contributed by atoms with Crippen molar-refractivity contribution < 1.29 is 0 Å². The van der Waals surface area contributed by atoms with Crippen LogP contribution in [0, 0.1) is 13.8 Å². The molecule has 0 aliphatic rings. The van der Waals surface area contributed by atoms with Crippen molar-refractivity contribution in [2.45, 2.75) is 40.4 Å². The Balaban J connectivity index is 1.92. The number of hydrogen-bond donors (Lipinski definition) is 1. The molecular formula is C13H21N5. The van der Waals surface area contributed by atoms with Crippen LogP contribution in [0.1, 0.15) is 29.4 Å². The standard InChI is InChI=1S/C13H21N5/c1-5-18-9-13(11(3)16-18)7-14-6-12-8-17(4)15-10(12)2/h8-9,14H,5-7H2,1-4H3. The lowest BCUT2D eigenvalue weighted by molar-refractivity contribution is 0.651. The van der Waals surface area contributed by atoms with Gasteiger partial charge in [0.15, 0.2) is 0 Å². The molecule has 0 bridgehead atoms. The number of hydrogen-bond acceptors (Lipinski definition) is 3. The molecule has 0 radical (unpaired) electrons. The minimum Gasteiger partial charge on any atom is -0.308 e. The summed E-state index contributed by atoms with van der Waals surface area (Å²) in [4.78, 5) is 0. The van der Waals surface area contributed by atoms with Crippen LogP contribution in [0.25, 0.3) is 0 Å². The van der Waals surface area contributed by atoms with E-state index >= 15 is 0 Å². The van der Waals surface area contributed by atoms with Crippen LogP contribution < -0.4 is 5.32 Å². The van der Waals surface area contributed by atoms with E-state index in [1.807, 2.05) is 23.3 Å². The summed E-state index contributed by atoms with van der Waals surface area (Å²) in [5.41, 5.74) is 4.70. The fourth-order valence-corrected chi connectivity index (χ4v) is 2.05. The zero-order valence-corrected chi connectivity index (χ0v) is 11.6. The Morgan fingerprint density at radius 3 is 2.17 bits per heavy atom. The molecule has 0 aliphatic heterocycles. The number of aromatic nitrogens is 4. The van der Waals surface area contributed by atoms with E-state index in [1.54, 1.807) is 0 Å². The van der Waals surface area contributed by atoms with Gasteiger partial charge in [0.1, 0.15) is 0 Å². The molecular weight excluding hydrogens is 226 g/mol. The molecule has 0 atom stereocenters. The van der Waals surface area contributed by atoms with Crippen LogP contribution in [0.4, 0.5) is 0 Å². The third kappa shape index (κ3) is 2.79. The first-order chi connectivity index (χ1) is 8.60. The molecule has 0 saturated carbocycles. The summed E-state index contributed by atoms with van der Waals surface area (Å²) < 4.78 is 3.83. The van der Waals surface area contributed by atoms with Gasteiger partial charge in [0.05, 0.1) is 11.4 Å². The predicted molar refractivity (Wildman–Crippen MR) is 71.1 cm³/mol. The first-order valence-corrected chi connectivity index (χ1v) is 6.33. The lowest BCUT2D eigenvalue weighted by atomic mass is 10.2. The van der Waals surface area contributed by atoms with Gasteiger partial charge in [0, 0.05) is 50.2 Å². The van der Waals surface area contributed by atoms with Crippen LogP contribution in [-0.2, 0) is 26.7 Å². The van der Waals surface area contributed by atoms with Crippen LogP contribution >= 0.6 is 0 Å². The van der Waals surface area contributed by atoms with Crippen molar-refractivity contribution >= 4 is 0 Å². The molecule has 2 rings (SSSR count). The summed E-state index contributed by atoms with van der Waals surface area (Å²) >= 11 is 0. The highest BCUT2D eigenvalue weighted by atomic mass is 15.3. The lowest BCUT2D eigenvalue weighted by Crippen LogP contribution is -2.13. The van der Waals surface area contributed by atoms with Gasteiger partial charge in [-0.15, -0.1) is 0 Å². The van der Waals surface area contributed by atoms with Crippen molar-refractivity contribution in [3.05, 3.63) is 34.9 Å². The molecule has 0 amide bonds. The molecule has 2 heterocycles. The number of nitrogens with one attached hydrogen (secondary N) is 1. The van der Waals surface area contributed by atoms with E-state index in [1.165, 1.54) is 11.1 Å². The number of aryl methyl sites for hydroxylation is 4. The van der Waals surface area contributed by atoms with E-state index in [0.717, 1.165) is 31.0 Å². The second-order valence-electron chi connectivity index (χ2n) is 4.61.